The van der Waals surface area contributed by atoms with E-state index in [4.69, 9.17) is 23.7 Å². The predicted molar refractivity (Wildman–Crippen MR) is 149 cm³/mol. The van der Waals surface area contributed by atoms with Gasteiger partial charge in [-0.05, 0) is 59.4 Å². The van der Waals surface area contributed by atoms with E-state index in [-0.39, 0.29) is 32.2 Å². The second-order valence-electron chi connectivity index (χ2n) is 10.4. The first-order chi connectivity index (χ1) is 20.9. The highest BCUT2D eigenvalue weighted by Crippen LogP contribution is 2.51. The largest absolute Gasteiger partial charge is 0.467 e. The van der Waals surface area contributed by atoms with Crippen molar-refractivity contribution in [1.29, 1.82) is 0 Å². The molecule has 3 aliphatic rings. The number of ether oxygens (including phenoxy) is 5. The zero-order valence-electron chi connectivity index (χ0n) is 22.8. The molecule has 0 spiro atoms. The van der Waals surface area contributed by atoms with Crippen LogP contribution >= 0.6 is 0 Å². The Morgan fingerprint density at radius 3 is 2.16 bits per heavy atom. The molecular formula is C33H26O10. The molecule has 0 saturated carbocycles. The molecule has 0 aromatic heterocycles. The van der Waals surface area contributed by atoms with Crippen LogP contribution in [0.4, 0.5) is 0 Å². The van der Waals surface area contributed by atoms with Crippen LogP contribution in [0.3, 0.4) is 0 Å². The summed E-state index contributed by atoms with van der Waals surface area (Å²) in [5.74, 6) is -4.43. The summed E-state index contributed by atoms with van der Waals surface area (Å²) in [4.78, 5) is 61.2. The van der Waals surface area contributed by atoms with E-state index in [0.29, 0.717) is 28.2 Å². The Morgan fingerprint density at radius 2 is 1.44 bits per heavy atom. The van der Waals surface area contributed by atoms with Gasteiger partial charge < -0.3 is 23.7 Å². The van der Waals surface area contributed by atoms with Crippen LogP contribution in [0, 0.1) is 11.8 Å². The van der Waals surface area contributed by atoms with Gasteiger partial charge in [-0.2, -0.15) is 0 Å². The Kier molecular flexibility index (Phi) is 7.84. The molecule has 218 valence electrons. The van der Waals surface area contributed by atoms with E-state index in [1.54, 1.807) is 48.5 Å². The van der Waals surface area contributed by atoms with Crippen molar-refractivity contribution in [3.63, 3.8) is 0 Å². The molecule has 2 heterocycles. The average molecular weight is 583 g/mol. The first-order valence-corrected chi connectivity index (χ1v) is 13.7. The summed E-state index contributed by atoms with van der Waals surface area (Å²) in [6.45, 7) is -0.260. The number of carbonyl (C=O) groups is 5. The van der Waals surface area contributed by atoms with Gasteiger partial charge in [0.2, 0.25) is 0 Å². The van der Waals surface area contributed by atoms with E-state index >= 15 is 0 Å². The van der Waals surface area contributed by atoms with E-state index in [1.165, 1.54) is 6.08 Å². The first kappa shape index (κ1) is 28.0. The van der Waals surface area contributed by atoms with Crippen LogP contribution in [-0.4, -0.2) is 43.2 Å². The third-order valence-electron chi connectivity index (χ3n) is 7.83. The molecule has 10 nitrogen and oxygen atoms in total. The maximum atomic E-state index is 12.5. The number of hydrogen-bond donors (Lipinski definition) is 0. The molecule has 4 unspecified atom stereocenters. The van der Waals surface area contributed by atoms with Crippen molar-refractivity contribution in [2.75, 3.05) is 13.6 Å². The van der Waals surface area contributed by atoms with Crippen molar-refractivity contribution in [3.8, 4) is 11.5 Å². The summed E-state index contributed by atoms with van der Waals surface area (Å²) in [5.41, 5.74) is 2.66. The normalized spacial score (nSPS) is 22.6. The minimum Gasteiger partial charge on any atom is -0.467 e. The molecular weight excluding hydrogens is 556 g/mol. The molecule has 0 radical (unpaired) electrons. The van der Waals surface area contributed by atoms with Crippen LogP contribution in [0.25, 0.3) is 6.08 Å². The minimum absolute atomic E-state index is 0.0806. The fraction of sp³-hybridized carbons (Fsp3) is 0.242. The fourth-order valence-electron chi connectivity index (χ4n) is 5.74. The minimum atomic E-state index is -0.811. The monoisotopic (exact) mass is 582 g/mol. The van der Waals surface area contributed by atoms with Crippen molar-refractivity contribution < 1.29 is 47.7 Å². The summed E-state index contributed by atoms with van der Waals surface area (Å²) in [5, 5.41) is 0. The Balaban J connectivity index is 1.04. The lowest BCUT2D eigenvalue weighted by Crippen LogP contribution is -2.31. The predicted octanol–water partition coefficient (Wildman–Crippen LogP) is 4.33. The van der Waals surface area contributed by atoms with Crippen molar-refractivity contribution in [3.05, 3.63) is 101 Å². The molecule has 43 heavy (non-hydrogen) atoms. The Hall–Kier alpha value is -5.09. The summed E-state index contributed by atoms with van der Waals surface area (Å²) in [7, 11) is 0. The Bertz CT molecular complexity index is 1610. The molecule has 0 amide bonds. The Labute approximate surface area is 246 Å². The third-order valence-corrected chi connectivity index (χ3v) is 7.83. The molecule has 3 aromatic carbocycles. The smallest absolute Gasteiger partial charge is 0.321 e. The third kappa shape index (κ3) is 5.96. The molecule has 10 heteroatoms. The topological polar surface area (TPSA) is 132 Å². The van der Waals surface area contributed by atoms with Crippen LogP contribution in [0.5, 0.6) is 11.5 Å². The van der Waals surface area contributed by atoms with Gasteiger partial charge in [-0.15, -0.1) is 0 Å². The number of allylic oxidation sites excluding steroid dienone is 1. The molecule has 0 N–H and O–H groups in total. The van der Waals surface area contributed by atoms with Gasteiger partial charge >= 0.3 is 23.9 Å². The van der Waals surface area contributed by atoms with Crippen molar-refractivity contribution in [2.24, 2.45) is 11.8 Å². The van der Waals surface area contributed by atoms with Crippen molar-refractivity contribution in [1.82, 2.24) is 0 Å². The molecule has 1 aliphatic carbocycles. The number of esters is 4. The number of hydrogen-bond acceptors (Lipinski definition) is 10. The molecule has 2 saturated heterocycles. The molecule has 6 rings (SSSR count). The molecule has 2 aliphatic heterocycles. The molecule has 3 aromatic rings. The van der Waals surface area contributed by atoms with E-state index < -0.39 is 47.5 Å². The van der Waals surface area contributed by atoms with Crippen LogP contribution < -0.4 is 9.47 Å². The SMILES string of the molecule is O=C1CC(C2CC3C(=O)OC(=O)C3c3cc(OCOCOc4ccc(/C=C/C(=O)c5ccccc5)cc4)ccc32)C(=O)O1. The van der Waals surface area contributed by atoms with Crippen LogP contribution in [-0.2, 0) is 33.4 Å². The standard InChI is InChI=1S/C33H26O10/c34-28(20-4-2-1-3-5-20)13-8-19-6-9-21(10-7-19)40-17-39-18-41-22-11-12-23-24(26-16-29(35)42-31(26)36)15-27-30(25(23)14-22)33(38)43-32(27)37/h1-14,24,26-27,30H,15-18H2/b13-8+. The highest BCUT2D eigenvalue weighted by atomic mass is 16.7. The maximum absolute atomic E-state index is 12.5. The van der Waals surface area contributed by atoms with Crippen LogP contribution in [0.1, 0.15) is 51.7 Å². The highest BCUT2D eigenvalue weighted by molar-refractivity contribution is 6.06. The summed E-state index contributed by atoms with van der Waals surface area (Å²) >= 11 is 0. The van der Waals surface area contributed by atoms with Gasteiger partial charge in [-0.1, -0.05) is 54.6 Å². The molecule has 2 fully saturated rings. The quantitative estimate of drug-likeness (QED) is 0.0850. The van der Waals surface area contributed by atoms with Gasteiger partial charge in [0.05, 0.1) is 24.2 Å². The number of benzene rings is 3. The molecule has 0 bridgehead atoms. The van der Waals surface area contributed by atoms with E-state index in [9.17, 15) is 24.0 Å². The number of rotatable bonds is 10. The van der Waals surface area contributed by atoms with E-state index in [0.717, 1.165) is 5.56 Å². The lowest BCUT2D eigenvalue weighted by molar-refractivity contribution is -0.155. The van der Waals surface area contributed by atoms with E-state index in [2.05, 4.69) is 0 Å². The second kappa shape index (κ2) is 12.0. The number of fused-ring (bicyclic) bond motifs is 3. The average Bonchev–Trinajstić information content (AvgIpc) is 3.51. The first-order valence-electron chi connectivity index (χ1n) is 13.7. The van der Waals surface area contributed by atoms with Gasteiger partial charge in [0.15, 0.2) is 19.4 Å². The van der Waals surface area contributed by atoms with Gasteiger partial charge in [0.25, 0.3) is 0 Å². The van der Waals surface area contributed by atoms with Crippen LogP contribution in [0.2, 0.25) is 0 Å². The summed E-state index contributed by atoms with van der Waals surface area (Å²) < 4.78 is 26.4. The van der Waals surface area contributed by atoms with Crippen molar-refractivity contribution in [2.45, 2.75) is 24.7 Å². The molecule has 4 atom stereocenters. The highest BCUT2D eigenvalue weighted by Gasteiger charge is 2.53. The number of cyclic esters (lactones) is 4. The van der Waals surface area contributed by atoms with Gasteiger partial charge in [0.1, 0.15) is 11.5 Å². The van der Waals surface area contributed by atoms with Gasteiger partial charge in [0, 0.05) is 5.56 Å². The number of ketones is 1. The summed E-state index contributed by atoms with van der Waals surface area (Å²) in [6.07, 6.45) is 3.37. The number of carbonyl (C=O) groups excluding carboxylic acids is 5. The fourth-order valence-corrected chi connectivity index (χ4v) is 5.74. The lowest BCUT2D eigenvalue weighted by atomic mass is 9.67. The van der Waals surface area contributed by atoms with Gasteiger partial charge in [-0.3, -0.25) is 24.0 Å². The Morgan fingerprint density at radius 1 is 0.744 bits per heavy atom. The van der Waals surface area contributed by atoms with E-state index in [1.807, 2.05) is 30.3 Å². The van der Waals surface area contributed by atoms with Crippen LogP contribution in [0.15, 0.2) is 78.9 Å². The summed E-state index contributed by atoms with van der Waals surface area (Å²) in [6, 6.07) is 21.2. The zero-order valence-corrected chi connectivity index (χ0v) is 22.8. The maximum Gasteiger partial charge on any atom is 0.321 e. The zero-order chi connectivity index (χ0) is 29.9. The second-order valence-corrected chi connectivity index (χ2v) is 10.4. The lowest BCUT2D eigenvalue weighted by Gasteiger charge is -2.33. The van der Waals surface area contributed by atoms with Crippen molar-refractivity contribution >= 4 is 35.7 Å². The van der Waals surface area contributed by atoms with Gasteiger partial charge in [-0.25, -0.2) is 0 Å².